The Balaban J connectivity index is 1.66. The number of rotatable bonds is 2. The average Bonchev–Trinajstić information content (AvgIpc) is 2.61. The van der Waals surface area contributed by atoms with Gasteiger partial charge in [0.2, 0.25) is 0 Å². The van der Waals surface area contributed by atoms with Crippen LogP contribution in [0.1, 0.15) is 16.1 Å². The Hall–Kier alpha value is -2.64. The lowest BCUT2D eigenvalue weighted by Gasteiger charge is -2.36. The lowest BCUT2D eigenvalue weighted by Crippen LogP contribution is -2.49. The number of carbonyl (C=O) groups is 1. The van der Waals surface area contributed by atoms with Crippen LogP contribution in [-0.2, 0) is 6.18 Å². The number of anilines is 1. The monoisotopic (exact) mass is 336 g/mol. The molecule has 24 heavy (non-hydrogen) atoms. The maximum atomic E-state index is 12.8. The van der Waals surface area contributed by atoms with Crippen molar-refractivity contribution in [2.24, 2.45) is 0 Å². The van der Waals surface area contributed by atoms with Gasteiger partial charge in [0.25, 0.3) is 5.91 Å². The van der Waals surface area contributed by atoms with Crippen LogP contribution in [0, 0.1) is 0 Å². The Kier molecular flexibility index (Phi) is 4.37. The van der Waals surface area contributed by atoms with Gasteiger partial charge in [-0.2, -0.15) is 13.2 Å². The van der Waals surface area contributed by atoms with E-state index < -0.39 is 11.7 Å². The number of alkyl halides is 3. The van der Waals surface area contributed by atoms with E-state index in [2.05, 4.69) is 9.97 Å². The first-order chi connectivity index (χ1) is 11.4. The Bertz CT molecular complexity index is 713. The van der Waals surface area contributed by atoms with E-state index in [0.717, 1.165) is 12.1 Å². The highest BCUT2D eigenvalue weighted by Gasteiger charge is 2.31. The molecule has 3 rings (SSSR count). The zero-order valence-corrected chi connectivity index (χ0v) is 12.7. The number of benzene rings is 1. The predicted octanol–water partition coefficient (Wildman–Crippen LogP) is 2.46. The normalized spacial score (nSPS) is 15.5. The summed E-state index contributed by atoms with van der Waals surface area (Å²) in [6, 6.07) is 5.24. The Morgan fingerprint density at radius 2 is 1.83 bits per heavy atom. The quantitative estimate of drug-likeness (QED) is 0.845. The first kappa shape index (κ1) is 16.2. The van der Waals surface area contributed by atoms with Gasteiger partial charge in [-0.1, -0.05) is 6.07 Å². The van der Waals surface area contributed by atoms with Crippen molar-refractivity contribution in [3.8, 4) is 0 Å². The number of nitrogens with zero attached hydrogens (tertiary/aromatic N) is 4. The van der Waals surface area contributed by atoms with E-state index in [-0.39, 0.29) is 11.6 Å². The Morgan fingerprint density at radius 3 is 2.46 bits per heavy atom. The van der Waals surface area contributed by atoms with Crippen molar-refractivity contribution in [1.82, 2.24) is 14.9 Å². The molecule has 1 fully saturated rings. The zero-order valence-electron chi connectivity index (χ0n) is 12.7. The van der Waals surface area contributed by atoms with E-state index in [4.69, 9.17) is 0 Å². The molecule has 1 amide bonds. The largest absolute Gasteiger partial charge is 0.416 e. The molecule has 1 saturated heterocycles. The molecule has 0 unspecified atom stereocenters. The average molecular weight is 336 g/mol. The van der Waals surface area contributed by atoms with Gasteiger partial charge in [0.1, 0.15) is 5.69 Å². The first-order valence-electron chi connectivity index (χ1n) is 7.42. The summed E-state index contributed by atoms with van der Waals surface area (Å²) < 4.78 is 38.4. The van der Waals surface area contributed by atoms with E-state index in [1.807, 2.05) is 4.90 Å². The molecule has 0 saturated carbocycles. The van der Waals surface area contributed by atoms with E-state index in [0.29, 0.717) is 31.9 Å². The number of hydrogen-bond acceptors (Lipinski definition) is 4. The summed E-state index contributed by atoms with van der Waals surface area (Å²) in [4.78, 5) is 23.6. The maximum absolute atomic E-state index is 12.8. The van der Waals surface area contributed by atoms with Crippen LogP contribution in [0.4, 0.5) is 18.9 Å². The van der Waals surface area contributed by atoms with Gasteiger partial charge in [-0.15, -0.1) is 0 Å². The molecule has 1 aromatic carbocycles. The molecule has 2 aromatic rings. The Labute approximate surface area is 136 Å². The number of aromatic nitrogens is 2. The molecule has 0 bridgehead atoms. The van der Waals surface area contributed by atoms with Crippen molar-refractivity contribution < 1.29 is 18.0 Å². The summed E-state index contributed by atoms with van der Waals surface area (Å²) in [5.41, 5.74) is 0.111. The van der Waals surface area contributed by atoms with Crippen LogP contribution in [0.3, 0.4) is 0 Å². The van der Waals surface area contributed by atoms with Gasteiger partial charge >= 0.3 is 6.18 Å². The highest BCUT2D eigenvalue weighted by molar-refractivity contribution is 5.92. The van der Waals surface area contributed by atoms with Crippen molar-refractivity contribution in [3.63, 3.8) is 0 Å². The van der Waals surface area contributed by atoms with Gasteiger partial charge in [-0.3, -0.25) is 9.78 Å². The first-order valence-corrected chi connectivity index (χ1v) is 7.42. The van der Waals surface area contributed by atoms with E-state index in [9.17, 15) is 18.0 Å². The molecule has 0 aliphatic carbocycles. The minimum absolute atomic E-state index is 0.216. The highest BCUT2D eigenvalue weighted by atomic mass is 19.4. The maximum Gasteiger partial charge on any atom is 0.416 e. The topological polar surface area (TPSA) is 49.3 Å². The van der Waals surface area contributed by atoms with Crippen LogP contribution in [0.5, 0.6) is 0 Å². The summed E-state index contributed by atoms with van der Waals surface area (Å²) >= 11 is 0. The van der Waals surface area contributed by atoms with Crippen LogP contribution in [0.25, 0.3) is 0 Å². The van der Waals surface area contributed by atoms with Gasteiger partial charge in [0, 0.05) is 44.3 Å². The summed E-state index contributed by atoms with van der Waals surface area (Å²) in [7, 11) is 0. The Morgan fingerprint density at radius 1 is 1.08 bits per heavy atom. The molecule has 0 N–H and O–H groups in total. The fraction of sp³-hybridized carbons (Fsp3) is 0.312. The standard InChI is InChI=1S/C16H15F3N4O/c17-16(18,19)12-2-1-3-13(10-12)22-6-8-23(9-7-22)15(24)14-11-20-4-5-21-14/h1-5,10-11H,6-9H2. The number of halogens is 3. The molecule has 126 valence electrons. The van der Waals surface area contributed by atoms with Crippen molar-refractivity contribution in [2.45, 2.75) is 6.18 Å². The molecule has 1 aliphatic heterocycles. The van der Waals surface area contributed by atoms with E-state index >= 15 is 0 Å². The van der Waals surface area contributed by atoms with E-state index in [1.54, 1.807) is 11.0 Å². The minimum Gasteiger partial charge on any atom is -0.368 e. The van der Waals surface area contributed by atoms with Crippen LogP contribution in [0.2, 0.25) is 0 Å². The van der Waals surface area contributed by atoms with Crippen molar-refractivity contribution in [2.75, 3.05) is 31.1 Å². The molecule has 8 heteroatoms. The molecule has 5 nitrogen and oxygen atoms in total. The third-order valence-corrected chi connectivity index (χ3v) is 3.89. The number of hydrogen-bond donors (Lipinski definition) is 0. The van der Waals surface area contributed by atoms with Gasteiger partial charge in [-0.25, -0.2) is 4.98 Å². The number of amides is 1. The highest BCUT2D eigenvalue weighted by Crippen LogP contribution is 2.31. The molecule has 0 spiro atoms. The smallest absolute Gasteiger partial charge is 0.368 e. The van der Waals surface area contributed by atoms with Gasteiger partial charge in [-0.05, 0) is 18.2 Å². The third kappa shape index (κ3) is 3.47. The van der Waals surface area contributed by atoms with Crippen LogP contribution in [-0.4, -0.2) is 47.0 Å². The zero-order chi connectivity index (χ0) is 17.2. The molecule has 1 aliphatic rings. The third-order valence-electron chi connectivity index (χ3n) is 3.89. The number of carbonyl (C=O) groups excluding carboxylic acids is 1. The fourth-order valence-corrected chi connectivity index (χ4v) is 2.62. The molecular formula is C16H15F3N4O. The van der Waals surface area contributed by atoms with Crippen molar-refractivity contribution in [1.29, 1.82) is 0 Å². The molecule has 1 aromatic heterocycles. The summed E-state index contributed by atoms with van der Waals surface area (Å²) in [5, 5.41) is 0. The second kappa shape index (κ2) is 6.46. The molecule has 2 heterocycles. The van der Waals surface area contributed by atoms with Gasteiger partial charge in [0.15, 0.2) is 0 Å². The van der Waals surface area contributed by atoms with Crippen LogP contribution >= 0.6 is 0 Å². The number of piperazine rings is 1. The lowest BCUT2D eigenvalue weighted by molar-refractivity contribution is -0.137. The van der Waals surface area contributed by atoms with Crippen LogP contribution in [0.15, 0.2) is 42.9 Å². The summed E-state index contributed by atoms with van der Waals surface area (Å²) in [6.07, 6.45) is -0.0181. The van der Waals surface area contributed by atoms with Crippen LogP contribution < -0.4 is 4.90 Å². The summed E-state index contributed by atoms with van der Waals surface area (Å²) in [6.45, 7) is 1.78. The molecule has 0 radical (unpaired) electrons. The van der Waals surface area contributed by atoms with E-state index in [1.165, 1.54) is 24.7 Å². The van der Waals surface area contributed by atoms with Crippen molar-refractivity contribution in [3.05, 3.63) is 54.1 Å². The van der Waals surface area contributed by atoms with Gasteiger partial charge in [0.05, 0.1) is 11.8 Å². The minimum atomic E-state index is -4.36. The summed E-state index contributed by atoms with van der Waals surface area (Å²) in [5.74, 6) is -0.216. The predicted molar refractivity (Wildman–Crippen MR) is 81.6 cm³/mol. The van der Waals surface area contributed by atoms with Gasteiger partial charge < -0.3 is 9.80 Å². The SMILES string of the molecule is O=C(c1cnccn1)N1CCN(c2cccc(C(F)(F)F)c2)CC1. The fourth-order valence-electron chi connectivity index (χ4n) is 2.62. The molecule has 0 atom stereocenters. The van der Waals surface area contributed by atoms with Crippen molar-refractivity contribution >= 4 is 11.6 Å². The molecular weight excluding hydrogens is 321 g/mol. The lowest BCUT2D eigenvalue weighted by atomic mass is 10.1. The second-order valence-corrected chi connectivity index (χ2v) is 5.42. The second-order valence-electron chi connectivity index (χ2n) is 5.42.